The molecule has 0 aliphatic heterocycles. The first-order valence-corrected chi connectivity index (χ1v) is 9.05. The summed E-state index contributed by atoms with van der Waals surface area (Å²) < 4.78 is 40.6. The number of nitrogens with two attached hydrogens (primary N) is 2. The van der Waals surface area contributed by atoms with Gasteiger partial charge in [-0.25, -0.2) is 0 Å². The monoisotopic (exact) mass is 402 g/mol. The highest BCUT2D eigenvalue weighted by Gasteiger charge is 2.32. The van der Waals surface area contributed by atoms with Crippen LogP contribution in [-0.2, 0) is 21.6 Å². The fraction of sp³-hybridized carbons (Fsp3) is 0.333. The Kier molecular flexibility index (Phi) is 7.64. The van der Waals surface area contributed by atoms with Crippen LogP contribution < -0.4 is 21.7 Å². The van der Waals surface area contributed by atoms with Crippen LogP contribution in [0.2, 0.25) is 0 Å². The Morgan fingerprint density at radius 3 is 2.52 bits per heavy atom. The number of benzene rings is 2. The van der Waals surface area contributed by atoms with Gasteiger partial charge in [0.2, 0.25) is 0 Å². The van der Waals surface area contributed by atoms with Crippen molar-refractivity contribution < 1.29 is 23.0 Å². The maximum absolute atomic E-state index is 12.6. The SMILES string of the molecule is [B]c1cc(COCC)cc(C(N)(COC(=C)N)c2ccc(OC(F)F)c(C)c2)c1. The van der Waals surface area contributed by atoms with Crippen LogP contribution in [0.1, 0.15) is 29.2 Å². The predicted molar refractivity (Wildman–Crippen MR) is 109 cm³/mol. The van der Waals surface area contributed by atoms with Crippen LogP contribution in [0, 0.1) is 6.92 Å². The summed E-state index contributed by atoms with van der Waals surface area (Å²) in [6.07, 6.45) is 0. The van der Waals surface area contributed by atoms with Crippen molar-refractivity contribution in [2.24, 2.45) is 11.5 Å². The zero-order chi connectivity index (χ0) is 21.6. The summed E-state index contributed by atoms with van der Waals surface area (Å²) in [5, 5.41) is 0. The molecule has 2 radical (unpaired) electrons. The molecular weight excluding hydrogens is 377 g/mol. The molecule has 0 saturated heterocycles. The standard InChI is InChI=1S/C21H25BF2N2O3/c1-4-27-11-15-8-17(10-18(22)9-15)21(26,12-28-14(3)25)16-5-6-19(13(2)7-16)29-20(23)24/h5-10,20H,3-4,11-12,25-26H2,1-2H3. The van der Waals surface area contributed by atoms with E-state index in [-0.39, 0.29) is 18.2 Å². The Labute approximate surface area is 171 Å². The van der Waals surface area contributed by atoms with Gasteiger partial charge in [-0.15, -0.1) is 0 Å². The van der Waals surface area contributed by atoms with E-state index in [0.29, 0.717) is 35.4 Å². The molecule has 0 aliphatic rings. The Bertz CT molecular complexity index is 864. The van der Waals surface area contributed by atoms with Crippen molar-refractivity contribution in [2.75, 3.05) is 13.2 Å². The molecule has 2 aromatic carbocycles. The third-order valence-corrected chi connectivity index (χ3v) is 4.39. The lowest BCUT2D eigenvalue weighted by atomic mass is 9.80. The summed E-state index contributed by atoms with van der Waals surface area (Å²) in [7, 11) is 6.07. The lowest BCUT2D eigenvalue weighted by molar-refractivity contribution is -0.0503. The van der Waals surface area contributed by atoms with Crippen LogP contribution in [0.5, 0.6) is 5.75 Å². The molecule has 0 heterocycles. The average molecular weight is 402 g/mol. The van der Waals surface area contributed by atoms with E-state index < -0.39 is 12.2 Å². The molecular formula is C21H25BF2N2O3. The van der Waals surface area contributed by atoms with Crippen molar-refractivity contribution in [3.63, 3.8) is 0 Å². The van der Waals surface area contributed by atoms with Crippen LogP contribution in [0.15, 0.2) is 48.9 Å². The second kappa shape index (κ2) is 9.76. The summed E-state index contributed by atoms with van der Waals surface area (Å²) in [4.78, 5) is 0. The molecule has 29 heavy (non-hydrogen) atoms. The fourth-order valence-electron chi connectivity index (χ4n) is 2.97. The van der Waals surface area contributed by atoms with E-state index in [1.807, 2.05) is 13.0 Å². The Hall–Kier alpha value is -2.58. The van der Waals surface area contributed by atoms with E-state index in [1.165, 1.54) is 6.07 Å². The molecule has 2 rings (SSSR count). The molecule has 0 bridgehead atoms. The number of hydrogen-bond donors (Lipinski definition) is 2. The van der Waals surface area contributed by atoms with Gasteiger partial charge >= 0.3 is 6.61 Å². The summed E-state index contributed by atoms with van der Waals surface area (Å²) in [5.41, 5.74) is 14.3. The molecule has 0 spiro atoms. The molecule has 5 nitrogen and oxygen atoms in total. The quantitative estimate of drug-likeness (QED) is 0.472. The number of alkyl halides is 2. The van der Waals surface area contributed by atoms with E-state index in [1.54, 1.807) is 31.2 Å². The average Bonchev–Trinajstić information content (AvgIpc) is 2.65. The molecule has 0 aromatic heterocycles. The van der Waals surface area contributed by atoms with Gasteiger partial charge in [-0.05, 0) is 48.7 Å². The minimum Gasteiger partial charge on any atom is -0.477 e. The van der Waals surface area contributed by atoms with Gasteiger partial charge in [0.25, 0.3) is 0 Å². The zero-order valence-corrected chi connectivity index (χ0v) is 16.6. The first-order valence-electron chi connectivity index (χ1n) is 9.05. The normalized spacial score (nSPS) is 13.2. The van der Waals surface area contributed by atoms with Crippen LogP contribution in [0.4, 0.5) is 8.78 Å². The second-order valence-corrected chi connectivity index (χ2v) is 6.69. The van der Waals surface area contributed by atoms with Gasteiger partial charge < -0.3 is 25.7 Å². The maximum Gasteiger partial charge on any atom is 0.387 e. The topological polar surface area (TPSA) is 79.7 Å². The van der Waals surface area contributed by atoms with Crippen molar-refractivity contribution in [2.45, 2.75) is 32.6 Å². The van der Waals surface area contributed by atoms with Gasteiger partial charge in [0, 0.05) is 6.61 Å². The van der Waals surface area contributed by atoms with Gasteiger partial charge in [0.1, 0.15) is 25.7 Å². The number of ether oxygens (including phenoxy) is 3. The highest BCUT2D eigenvalue weighted by molar-refractivity contribution is 6.32. The Balaban J connectivity index is 2.52. The molecule has 2 aromatic rings. The van der Waals surface area contributed by atoms with Crippen molar-refractivity contribution >= 4 is 13.3 Å². The summed E-state index contributed by atoms with van der Waals surface area (Å²) >= 11 is 0. The van der Waals surface area contributed by atoms with Gasteiger partial charge in [0.05, 0.1) is 6.61 Å². The largest absolute Gasteiger partial charge is 0.477 e. The maximum atomic E-state index is 12.6. The van der Waals surface area contributed by atoms with E-state index in [0.717, 1.165) is 5.56 Å². The molecule has 154 valence electrons. The molecule has 0 saturated carbocycles. The van der Waals surface area contributed by atoms with Crippen molar-refractivity contribution in [1.29, 1.82) is 0 Å². The fourth-order valence-corrected chi connectivity index (χ4v) is 2.97. The van der Waals surface area contributed by atoms with Gasteiger partial charge in [0.15, 0.2) is 5.88 Å². The summed E-state index contributed by atoms with van der Waals surface area (Å²) in [6.45, 7) is 5.07. The third kappa shape index (κ3) is 5.95. The number of halogens is 2. The Morgan fingerprint density at radius 1 is 1.21 bits per heavy atom. The third-order valence-electron chi connectivity index (χ3n) is 4.39. The molecule has 0 fully saturated rings. The highest BCUT2D eigenvalue weighted by Crippen LogP contribution is 2.32. The Morgan fingerprint density at radius 2 is 1.93 bits per heavy atom. The number of rotatable bonds is 10. The van der Waals surface area contributed by atoms with Crippen LogP contribution in [0.3, 0.4) is 0 Å². The zero-order valence-electron chi connectivity index (χ0n) is 16.6. The molecule has 8 heteroatoms. The molecule has 1 unspecified atom stereocenters. The minimum atomic E-state index is -2.92. The van der Waals surface area contributed by atoms with E-state index in [2.05, 4.69) is 11.3 Å². The van der Waals surface area contributed by atoms with E-state index >= 15 is 0 Å². The summed E-state index contributed by atoms with van der Waals surface area (Å²) in [6, 6.07) is 10.1. The van der Waals surface area contributed by atoms with Gasteiger partial charge in [-0.2, -0.15) is 8.78 Å². The van der Waals surface area contributed by atoms with Crippen molar-refractivity contribution in [3.05, 3.63) is 71.1 Å². The number of hydrogen-bond acceptors (Lipinski definition) is 5. The van der Waals surface area contributed by atoms with Gasteiger partial charge in [-0.3, -0.25) is 0 Å². The highest BCUT2D eigenvalue weighted by atomic mass is 19.3. The second-order valence-electron chi connectivity index (χ2n) is 6.69. The van der Waals surface area contributed by atoms with Crippen molar-refractivity contribution in [3.8, 4) is 5.75 Å². The minimum absolute atomic E-state index is 0.00708. The van der Waals surface area contributed by atoms with E-state index in [9.17, 15) is 8.78 Å². The van der Waals surface area contributed by atoms with Crippen LogP contribution in [-0.4, -0.2) is 27.7 Å². The smallest absolute Gasteiger partial charge is 0.387 e. The molecule has 0 aliphatic carbocycles. The molecule has 0 amide bonds. The first-order chi connectivity index (χ1) is 13.7. The summed E-state index contributed by atoms with van der Waals surface area (Å²) in [5.74, 6) is 0.0764. The molecule has 1 atom stereocenters. The number of aryl methyl sites for hydroxylation is 1. The van der Waals surface area contributed by atoms with Crippen LogP contribution >= 0.6 is 0 Å². The van der Waals surface area contributed by atoms with Crippen molar-refractivity contribution in [1.82, 2.24) is 0 Å². The van der Waals surface area contributed by atoms with Gasteiger partial charge in [-0.1, -0.05) is 35.8 Å². The first kappa shape index (κ1) is 22.7. The van der Waals surface area contributed by atoms with Crippen LogP contribution in [0.25, 0.3) is 0 Å². The lowest BCUT2D eigenvalue weighted by Gasteiger charge is -2.32. The van der Waals surface area contributed by atoms with E-state index in [4.69, 9.17) is 28.8 Å². The predicted octanol–water partition coefficient (Wildman–Crippen LogP) is 2.58. The molecule has 4 N–H and O–H groups in total. The lowest BCUT2D eigenvalue weighted by Crippen LogP contribution is -2.43.